The van der Waals surface area contributed by atoms with Gasteiger partial charge in [-0.15, -0.1) is 0 Å². The summed E-state index contributed by atoms with van der Waals surface area (Å²) < 4.78 is 0. The Morgan fingerprint density at radius 3 is 2.69 bits per heavy atom. The highest BCUT2D eigenvalue weighted by Gasteiger charge is 1.84. The highest BCUT2D eigenvalue weighted by Crippen LogP contribution is 2.04. The number of thioether (sulfide) groups is 1. The van der Waals surface area contributed by atoms with Crippen molar-refractivity contribution < 1.29 is 5.11 Å². The molecule has 0 aliphatic heterocycles. The van der Waals surface area contributed by atoms with Gasteiger partial charge in [-0.05, 0) is 5.56 Å². The molecule has 0 aliphatic carbocycles. The summed E-state index contributed by atoms with van der Waals surface area (Å²) in [6.07, 6.45) is 4.22. The van der Waals surface area contributed by atoms with E-state index >= 15 is 0 Å². The molecule has 0 fully saturated rings. The van der Waals surface area contributed by atoms with Gasteiger partial charge in [0.1, 0.15) is 0 Å². The number of benzene rings is 1. The molecule has 0 radical (unpaired) electrons. The fourth-order valence-corrected chi connectivity index (χ4v) is 1.49. The molecule has 0 heterocycles. The third-order valence-corrected chi connectivity index (χ3v) is 2.46. The lowest BCUT2D eigenvalue weighted by atomic mass is 10.2. The quantitative estimate of drug-likeness (QED) is 0.726. The van der Waals surface area contributed by atoms with Gasteiger partial charge in [0.05, 0.1) is 6.61 Å². The van der Waals surface area contributed by atoms with Gasteiger partial charge in [0.15, 0.2) is 0 Å². The molecule has 70 valence electrons. The average Bonchev–Trinajstić information content (AvgIpc) is 2.19. The second-order valence-electron chi connectivity index (χ2n) is 2.61. The van der Waals surface area contributed by atoms with Gasteiger partial charge < -0.3 is 5.11 Å². The molecule has 0 saturated heterocycles. The van der Waals surface area contributed by atoms with Crippen LogP contribution in [0.1, 0.15) is 5.56 Å². The van der Waals surface area contributed by atoms with Gasteiger partial charge in [0.2, 0.25) is 0 Å². The van der Waals surface area contributed by atoms with Crippen molar-refractivity contribution in [3.8, 4) is 0 Å². The largest absolute Gasteiger partial charge is 0.396 e. The molecule has 0 atom stereocenters. The summed E-state index contributed by atoms with van der Waals surface area (Å²) in [5.74, 6) is 1.79. The van der Waals surface area contributed by atoms with Gasteiger partial charge in [-0.25, -0.2) is 0 Å². The van der Waals surface area contributed by atoms with Gasteiger partial charge in [0.25, 0.3) is 0 Å². The van der Waals surface area contributed by atoms with Crippen molar-refractivity contribution in [2.24, 2.45) is 0 Å². The normalized spacial score (nSPS) is 10.8. The van der Waals surface area contributed by atoms with Crippen molar-refractivity contribution >= 4 is 17.8 Å². The monoisotopic (exact) mass is 194 g/mol. The van der Waals surface area contributed by atoms with Crippen LogP contribution in [0.4, 0.5) is 0 Å². The van der Waals surface area contributed by atoms with Crippen molar-refractivity contribution in [3.63, 3.8) is 0 Å². The van der Waals surface area contributed by atoms with Crippen LogP contribution >= 0.6 is 11.8 Å². The van der Waals surface area contributed by atoms with E-state index in [2.05, 4.69) is 24.3 Å². The molecular weight excluding hydrogens is 180 g/mol. The van der Waals surface area contributed by atoms with E-state index in [9.17, 15) is 0 Å². The summed E-state index contributed by atoms with van der Waals surface area (Å²) in [5.41, 5.74) is 1.23. The predicted octanol–water partition coefficient (Wildman–Crippen LogP) is 2.43. The molecule has 0 amide bonds. The topological polar surface area (TPSA) is 20.2 Å². The van der Waals surface area contributed by atoms with Gasteiger partial charge >= 0.3 is 0 Å². The third-order valence-electron chi connectivity index (χ3n) is 1.56. The molecule has 1 nitrogen and oxygen atoms in total. The van der Waals surface area contributed by atoms with Crippen molar-refractivity contribution in [2.75, 3.05) is 18.1 Å². The maximum absolute atomic E-state index is 8.54. The molecule has 0 saturated carbocycles. The van der Waals surface area contributed by atoms with Gasteiger partial charge in [-0.3, -0.25) is 0 Å². The van der Waals surface area contributed by atoms with E-state index in [1.165, 1.54) is 5.56 Å². The van der Waals surface area contributed by atoms with Crippen LogP contribution in [0.2, 0.25) is 0 Å². The van der Waals surface area contributed by atoms with Crippen LogP contribution in [0.25, 0.3) is 6.08 Å². The first kappa shape index (κ1) is 10.4. The van der Waals surface area contributed by atoms with Gasteiger partial charge in [-0.2, -0.15) is 11.8 Å². The summed E-state index contributed by atoms with van der Waals surface area (Å²) in [6.45, 7) is 0.268. The summed E-state index contributed by atoms with van der Waals surface area (Å²) >= 11 is 1.74. The predicted molar refractivity (Wildman–Crippen MR) is 59.9 cm³/mol. The SMILES string of the molecule is OCCSC/C=C/c1ccccc1. The minimum Gasteiger partial charge on any atom is -0.396 e. The molecular formula is C11H14OS. The minimum absolute atomic E-state index is 0.268. The van der Waals surface area contributed by atoms with E-state index in [1.807, 2.05) is 18.2 Å². The first-order valence-corrected chi connectivity index (χ1v) is 5.49. The van der Waals surface area contributed by atoms with E-state index < -0.39 is 0 Å². The Kier molecular flexibility index (Phi) is 5.38. The lowest BCUT2D eigenvalue weighted by Crippen LogP contribution is -1.85. The highest BCUT2D eigenvalue weighted by atomic mass is 32.2. The van der Waals surface area contributed by atoms with E-state index in [0.717, 1.165) is 11.5 Å². The van der Waals surface area contributed by atoms with Crippen LogP contribution in [0.15, 0.2) is 36.4 Å². The zero-order valence-corrected chi connectivity index (χ0v) is 8.33. The summed E-state index contributed by atoms with van der Waals surface area (Å²) in [7, 11) is 0. The van der Waals surface area contributed by atoms with Crippen molar-refractivity contribution in [3.05, 3.63) is 42.0 Å². The van der Waals surface area contributed by atoms with Crippen molar-refractivity contribution in [2.45, 2.75) is 0 Å². The number of hydrogen-bond acceptors (Lipinski definition) is 2. The number of aliphatic hydroxyl groups excluding tert-OH is 1. The lowest BCUT2D eigenvalue weighted by molar-refractivity contribution is 0.322. The molecule has 2 heteroatoms. The molecule has 0 aromatic heterocycles. The van der Waals surface area contributed by atoms with Crippen LogP contribution in [0.3, 0.4) is 0 Å². The third kappa shape index (κ3) is 4.76. The Morgan fingerprint density at radius 1 is 1.23 bits per heavy atom. The van der Waals surface area contributed by atoms with Crippen LogP contribution in [0, 0.1) is 0 Å². The maximum atomic E-state index is 8.54. The smallest absolute Gasteiger partial charge is 0.0521 e. The Bertz CT molecular complexity index is 244. The number of rotatable bonds is 5. The van der Waals surface area contributed by atoms with E-state index in [4.69, 9.17) is 5.11 Å². The average molecular weight is 194 g/mol. The van der Waals surface area contributed by atoms with Crippen LogP contribution < -0.4 is 0 Å². The zero-order valence-electron chi connectivity index (χ0n) is 7.52. The number of aliphatic hydroxyl groups is 1. The van der Waals surface area contributed by atoms with Crippen LogP contribution in [-0.2, 0) is 0 Å². The highest BCUT2D eigenvalue weighted by molar-refractivity contribution is 7.99. The van der Waals surface area contributed by atoms with Gasteiger partial charge in [0, 0.05) is 11.5 Å². The summed E-state index contributed by atoms with van der Waals surface area (Å²) in [4.78, 5) is 0. The van der Waals surface area contributed by atoms with Crippen molar-refractivity contribution in [1.29, 1.82) is 0 Å². The first-order valence-electron chi connectivity index (χ1n) is 4.33. The van der Waals surface area contributed by atoms with E-state index in [-0.39, 0.29) is 6.61 Å². The molecule has 13 heavy (non-hydrogen) atoms. The van der Waals surface area contributed by atoms with E-state index in [0.29, 0.717) is 0 Å². The van der Waals surface area contributed by atoms with Crippen LogP contribution in [0.5, 0.6) is 0 Å². The molecule has 0 aliphatic rings. The standard InChI is InChI=1S/C11H14OS/c12-8-10-13-9-4-7-11-5-2-1-3-6-11/h1-7,12H,8-10H2/b7-4+. The van der Waals surface area contributed by atoms with Crippen LogP contribution in [-0.4, -0.2) is 23.2 Å². The summed E-state index contributed by atoms with van der Waals surface area (Å²) in [6, 6.07) is 10.2. The molecule has 1 N–H and O–H groups in total. The Balaban J connectivity index is 2.25. The molecule has 0 bridgehead atoms. The maximum Gasteiger partial charge on any atom is 0.0521 e. The number of hydrogen-bond donors (Lipinski definition) is 1. The second-order valence-corrected chi connectivity index (χ2v) is 3.76. The van der Waals surface area contributed by atoms with E-state index in [1.54, 1.807) is 11.8 Å². The fourth-order valence-electron chi connectivity index (χ4n) is 0.964. The Labute approximate surface area is 83.5 Å². The first-order chi connectivity index (χ1) is 6.43. The Hall–Kier alpha value is -0.730. The summed E-state index contributed by atoms with van der Waals surface area (Å²) in [5, 5.41) is 8.54. The zero-order chi connectivity index (χ0) is 9.36. The molecule has 1 aromatic carbocycles. The van der Waals surface area contributed by atoms with Gasteiger partial charge in [-0.1, -0.05) is 42.5 Å². The fraction of sp³-hybridized carbons (Fsp3) is 0.273. The molecule has 0 spiro atoms. The minimum atomic E-state index is 0.268. The van der Waals surface area contributed by atoms with Crippen molar-refractivity contribution in [1.82, 2.24) is 0 Å². The lowest BCUT2D eigenvalue weighted by Gasteiger charge is -1.93. The molecule has 1 aromatic rings. The molecule has 1 rings (SSSR count). The molecule has 0 unspecified atom stereocenters. The Morgan fingerprint density at radius 2 is 2.00 bits per heavy atom. The second kappa shape index (κ2) is 6.75.